The maximum absolute atomic E-state index is 5.86. The Kier molecular flexibility index (Phi) is 3.27. The van der Waals surface area contributed by atoms with Crippen LogP contribution in [0, 0.1) is 19.3 Å². The SMILES string of the molecule is Cc1nnc(N2CCC(C)(C)C2)c(C(N)=S)c1C. The molecule has 1 aliphatic heterocycles. The summed E-state index contributed by atoms with van der Waals surface area (Å²) in [7, 11) is 0. The van der Waals surface area contributed by atoms with Crippen molar-refractivity contribution in [1.82, 2.24) is 10.2 Å². The van der Waals surface area contributed by atoms with E-state index in [0.29, 0.717) is 10.4 Å². The van der Waals surface area contributed by atoms with Crippen LogP contribution in [-0.2, 0) is 0 Å². The fraction of sp³-hybridized carbons (Fsp3) is 0.615. The predicted octanol–water partition coefficient (Wildman–Crippen LogP) is 1.96. The van der Waals surface area contributed by atoms with Crippen molar-refractivity contribution in [2.24, 2.45) is 11.1 Å². The molecule has 2 rings (SSSR count). The van der Waals surface area contributed by atoms with Crippen molar-refractivity contribution in [2.45, 2.75) is 34.1 Å². The second-order valence-electron chi connectivity index (χ2n) is 5.81. The highest BCUT2D eigenvalue weighted by atomic mass is 32.1. The summed E-state index contributed by atoms with van der Waals surface area (Å²) in [6.45, 7) is 10.4. The second kappa shape index (κ2) is 4.46. The van der Waals surface area contributed by atoms with Crippen LogP contribution in [-0.4, -0.2) is 28.3 Å². The smallest absolute Gasteiger partial charge is 0.161 e. The summed E-state index contributed by atoms with van der Waals surface area (Å²) in [5, 5.41) is 8.52. The monoisotopic (exact) mass is 264 g/mol. The molecular formula is C13H20N4S. The largest absolute Gasteiger partial charge is 0.389 e. The summed E-state index contributed by atoms with van der Waals surface area (Å²) < 4.78 is 0. The molecule has 2 heterocycles. The first-order chi connectivity index (χ1) is 8.32. The van der Waals surface area contributed by atoms with Gasteiger partial charge in [-0.05, 0) is 31.2 Å². The highest BCUT2D eigenvalue weighted by molar-refractivity contribution is 7.80. The molecule has 98 valence electrons. The number of aryl methyl sites for hydroxylation is 1. The number of hydrogen-bond acceptors (Lipinski definition) is 4. The van der Waals surface area contributed by atoms with Gasteiger partial charge < -0.3 is 10.6 Å². The molecule has 0 unspecified atom stereocenters. The lowest BCUT2D eigenvalue weighted by Crippen LogP contribution is -2.28. The third kappa shape index (κ3) is 2.32. The molecule has 0 aliphatic carbocycles. The van der Waals surface area contributed by atoms with Gasteiger partial charge in [0.1, 0.15) is 4.99 Å². The van der Waals surface area contributed by atoms with E-state index >= 15 is 0 Å². The van der Waals surface area contributed by atoms with E-state index in [9.17, 15) is 0 Å². The van der Waals surface area contributed by atoms with Crippen molar-refractivity contribution in [3.8, 4) is 0 Å². The molecule has 0 amide bonds. The van der Waals surface area contributed by atoms with Crippen molar-refractivity contribution < 1.29 is 0 Å². The lowest BCUT2D eigenvalue weighted by molar-refractivity contribution is 0.418. The Morgan fingerprint density at radius 1 is 1.33 bits per heavy atom. The zero-order chi connectivity index (χ0) is 13.5. The van der Waals surface area contributed by atoms with E-state index in [1.165, 1.54) is 0 Å². The van der Waals surface area contributed by atoms with Crippen LogP contribution in [0.3, 0.4) is 0 Å². The third-order valence-corrected chi connectivity index (χ3v) is 3.86. The first kappa shape index (κ1) is 13.2. The molecular weight excluding hydrogens is 244 g/mol. The summed E-state index contributed by atoms with van der Waals surface area (Å²) >= 11 is 5.17. The van der Waals surface area contributed by atoms with Crippen molar-refractivity contribution in [3.63, 3.8) is 0 Å². The zero-order valence-electron chi connectivity index (χ0n) is 11.4. The van der Waals surface area contributed by atoms with Gasteiger partial charge in [-0.2, -0.15) is 5.10 Å². The van der Waals surface area contributed by atoms with Crippen LogP contribution in [0.5, 0.6) is 0 Å². The Labute approximate surface area is 114 Å². The summed E-state index contributed by atoms with van der Waals surface area (Å²) in [6, 6.07) is 0. The Morgan fingerprint density at radius 3 is 2.50 bits per heavy atom. The fourth-order valence-electron chi connectivity index (χ4n) is 2.41. The average molecular weight is 264 g/mol. The van der Waals surface area contributed by atoms with Gasteiger partial charge in [0.05, 0.1) is 11.3 Å². The quantitative estimate of drug-likeness (QED) is 0.828. The van der Waals surface area contributed by atoms with Gasteiger partial charge in [-0.15, -0.1) is 5.10 Å². The first-order valence-electron chi connectivity index (χ1n) is 6.20. The van der Waals surface area contributed by atoms with E-state index in [1.54, 1.807) is 0 Å². The maximum Gasteiger partial charge on any atom is 0.161 e. The average Bonchev–Trinajstić information content (AvgIpc) is 2.62. The molecule has 0 bridgehead atoms. The van der Waals surface area contributed by atoms with Crippen molar-refractivity contribution in [1.29, 1.82) is 0 Å². The molecule has 1 saturated heterocycles. The van der Waals surface area contributed by atoms with Crippen molar-refractivity contribution in [3.05, 3.63) is 16.8 Å². The summed E-state index contributed by atoms with van der Waals surface area (Å²) in [5.41, 5.74) is 8.98. The van der Waals surface area contributed by atoms with Crippen LogP contribution in [0.4, 0.5) is 5.82 Å². The number of anilines is 1. The summed E-state index contributed by atoms with van der Waals surface area (Å²) in [6.07, 6.45) is 1.15. The Morgan fingerprint density at radius 2 is 2.00 bits per heavy atom. The Bertz CT molecular complexity index is 496. The van der Waals surface area contributed by atoms with Gasteiger partial charge in [0, 0.05) is 13.1 Å². The standard InChI is InChI=1S/C13H20N4S/c1-8-9(2)15-16-12(10(8)11(14)18)17-6-5-13(3,4)7-17/h5-7H2,1-4H3,(H2,14,18). The Hall–Kier alpha value is -1.23. The molecule has 0 aromatic carbocycles. The van der Waals surface area contributed by atoms with Crippen LogP contribution in [0.2, 0.25) is 0 Å². The molecule has 0 saturated carbocycles. The van der Waals surface area contributed by atoms with Crippen LogP contribution in [0.15, 0.2) is 0 Å². The molecule has 1 aromatic heterocycles. The molecule has 2 N–H and O–H groups in total. The molecule has 4 nitrogen and oxygen atoms in total. The molecule has 1 fully saturated rings. The van der Waals surface area contributed by atoms with Gasteiger partial charge in [-0.3, -0.25) is 0 Å². The summed E-state index contributed by atoms with van der Waals surface area (Å²) in [4.78, 5) is 2.65. The third-order valence-electron chi connectivity index (χ3n) is 3.66. The lowest BCUT2D eigenvalue weighted by Gasteiger charge is -2.23. The van der Waals surface area contributed by atoms with Gasteiger partial charge >= 0.3 is 0 Å². The van der Waals surface area contributed by atoms with Crippen molar-refractivity contribution >= 4 is 23.0 Å². The number of thiocarbonyl (C=S) groups is 1. The predicted molar refractivity (Wildman–Crippen MR) is 78.0 cm³/mol. The van der Waals surface area contributed by atoms with Crippen LogP contribution in [0.25, 0.3) is 0 Å². The molecule has 0 spiro atoms. The number of nitrogens with two attached hydrogens (primary N) is 1. The van der Waals surface area contributed by atoms with Crippen LogP contribution >= 0.6 is 12.2 Å². The second-order valence-corrected chi connectivity index (χ2v) is 6.25. The molecule has 5 heteroatoms. The number of aromatic nitrogens is 2. The zero-order valence-corrected chi connectivity index (χ0v) is 12.3. The minimum absolute atomic E-state index is 0.313. The molecule has 0 radical (unpaired) electrons. The number of rotatable bonds is 2. The molecule has 1 aliphatic rings. The molecule has 18 heavy (non-hydrogen) atoms. The normalized spacial score (nSPS) is 18.1. The van der Waals surface area contributed by atoms with Crippen LogP contribution < -0.4 is 10.6 Å². The minimum Gasteiger partial charge on any atom is -0.389 e. The van der Waals surface area contributed by atoms with Gasteiger partial charge in [0.2, 0.25) is 0 Å². The van der Waals surface area contributed by atoms with E-state index < -0.39 is 0 Å². The van der Waals surface area contributed by atoms with E-state index in [1.807, 2.05) is 13.8 Å². The van der Waals surface area contributed by atoms with Gasteiger partial charge in [-0.1, -0.05) is 26.1 Å². The van der Waals surface area contributed by atoms with E-state index in [-0.39, 0.29) is 0 Å². The number of nitrogens with zero attached hydrogens (tertiary/aromatic N) is 3. The van der Waals surface area contributed by atoms with Gasteiger partial charge in [0.25, 0.3) is 0 Å². The van der Waals surface area contributed by atoms with Crippen molar-refractivity contribution in [2.75, 3.05) is 18.0 Å². The van der Waals surface area contributed by atoms with Gasteiger partial charge in [-0.25, -0.2) is 0 Å². The van der Waals surface area contributed by atoms with E-state index in [4.69, 9.17) is 18.0 Å². The van der Waals surface area contributed by atoms with E-state index in [0.717, 1.165) is 42.1 Å². The van der Waals surface area contributed by atoms with E-state index in [2.05, 4.69) is 28.9 Å². The van der Waals surface area contributed by atoms with Gasteiger partial charge in [0.15, 0.2) is 5.82 Å². The number of hydrogen-bond donors (Lipinski definition) is 1. The highest BCUT2D eigenvalue weighted by Crippen LogP contribution is 2.33. The summed E-state index contributed by atoms with van der Waals surface area (Å²) in [5.74, 6) is 0.844. The highest BCUT2D eigenvalue weighted by Gasteiger charge is 2.32. The Balaban J connectivity index is 2.46. The van der Waals surface area contributed by atoms with Crippen LogP contribution in [0.1, 0.15) is 37.1 Å². The lowest BCUT2D eigenvalue weighted by atomic mass is 9.93. The topological polar surface area (TPSA) is 55.0 Å². The molecule has 1 aromatic rings. The first-order valence-corrected chi connectivity index (χ1v) is 6.61. The maximum atomic E-state index is 5.86. The molecule has 0 atom stereocenters. The minimum atomic E-state index is 0.313. The fourth-order valence-corrected chi connectivity index (χ4v) is 2.65.